The van der Waals surface area contributed by atoms with Crippen molar-refractivity contribution in [2.24, 2.45) is 11.7 Å². The number of nitrogens with zero attached hydrogens (tertiary/aromatic N) is 1. The van der Waals surface area contributed by atoms with Gasteiger partial charge in [-0.2, -0.15) is 0 Å². The van der Waals surface area contributed by atoms with E-state index < -0.39 is 0 Å². The van der Waals surface area contributed by atoms with Crippen LogP contribution >= 0.6 is 24.2 Å². The minimum atomic E-state index is 0. The van der Waals surface area contributed by atoms with E-state index in [0.29, 0.717) is 29.5 Å². The summed E-state index contributed by atoms with van der Waals surface area (Å²) in [6.45, 7) is 3.51. The van der Waals surface area contributed by atoms with Crippen molar-refractivity contribution in [3.63, 3.8) is 0 Å². The van der Waals surface area contributed by atoms with Gasteiger partial charge in [-0.3, -0.25) is 9.59 Å². The number of Topliss-reactive ketones (excluding diaryl/α,β-unsaturated/α-hetero) is 1. The SMILES string of the molecule is CC1CCN(C(=O)CSCC(=O)c2ccccc2)C(CN)C1.Cl. The lowest BCUT2D eigenvalue weighted by Crippen LogP contribution is -2.49. The molecule has 0 radical (unpaired) electrons. The summed E-state index contributed by atoms with van der Waals surface area (Å²) < 4.78 is 0. The van der Waals surface area contributed by atoms with Gasteiger partial charge in [-0.05, 0) is 18.8 Å². The van der Waals surface area contributed by atoms with E-state index in [1.54, 1.807) is 12.1 Å². The second kappa shape index (κ2) is 9.96. The van der Waals surface area contributed by atoms with Crippen LogP contribution in [0.15, 0.2) is 30.3 Å². The van der Waals surface area contributed by atoms with Gasteiger partial charge in [0.1, 0.15) is 0 Å². The highest BCUT2D eigenvalue weighted by molar-refractivity contribution is 8.00. The molecule has 1 fully saturated rings. The highest BCUT2D eigenvalue weighted by atomic mass is 35.5. The molecular formula is C17H25ClN2O2S. The molecule has 1 aromatic rings. The molecule has 0 aromatic heterocycles. The van der Waals surface area contributed by atoms with Crippen molar-refractivity contribution in [3.8, 4) is 0 Å². The monoisotopic (exact) mass is 356 g/mol. The van der Waals surface area contributed by atoms with Gasteiger partial charge in [-0.1, -0.05) is 37.3 Å². The first kappa shape index (κ1) is 20.0. The second-order valence-electron chi connectivity index (χ2n) is 5.89. The zero-order valence-electron chi connectivity index (χ0n) is 13.4. The van der Waals surface area contributed by atoms with Gasteiger partial charge in [0.15, 0.2) is 5.78 Å². The van der Waals surface area contributed by atoms with Gasteiger partial charge in [0, 0.05) is 24.7 Å². The van der Waals surface area contributed by atoms with E-state index in [-0.39, 0.29) is 30.1 Å². The number of hydrogen-bond donors (Lipinski definition) is 1. The number of benzene rings is 1. The smallest absolute Gasteiger partial charge is 0.232 e. The Balaban J connectivity index is 0.00000264. The number of amides is 1. The number of rotatable bonds is 6. The molecule has 6 heteroatoms. The quantitative estimate of drug-likeness (QED) is 0.796. The average molecular weight is 357 g/mol. The van der Waals surface area contributed by atoms with Crippen LogP contribution in [-0.4, -0.2) is 47.2 Å². The first-order valence-electron chi connectivity index (χ1n) is 7.77. The number of carbonyl (C=O) groups is 2. The van der Waals surface area contributed by atoms with Crippen LogP contribution in [0.1, 0.15) is 30.1 Å². The van der Waals surface area contributed by atoms with Crippen LogP contribution in [0.4, 0.5) is 0 Å². The fourth-order valence-electron chi connectivity index (χ4n) is 2.82. The third kappa shape index (κ3) is 5.83. The van der Waals surface area contributed by atoms with Crippen LogP contribution in [0.5, 0.6) is 0 Å². The Morgan fingerprint density at radius 1 is 1.26 bits per heavy atom. The average Bonchev–Trinajstić information content (AvgIpc) is 2.55. The predicted molar refractivity (Wildman–Crippen MR) is 98.3 cm³/mol. The van der Waals surface area contributed by atoms with Crippen molar-refractivity contribution < 1.29 is 9.59 Å². The Bertz CT molecular complexity index is 513. The number of hydrogen-bond acceptors (Lipinski definition) is 4. The zero-order valence-corrected chi connectivity index (χ0v) is 15.1. The number of halogens is 1. The summed E-state index contributed by atoms with van der Waals surface area (Å²) in [5, 5.41) is 0. The molecule has 0 aliphatic carbocycles. The lowest BCUT2D eigenvalue weighted by atomic mass is 9.92. The number of nitrogens with two attached hydrogens (primary N) is 1. The number of ketones is 1. The molecule has 2 rings (SSSR count). The molecule has 1 amide bonds. The normalized spacial score (nSPS) is 20.7. The van der Waals surface area contributed by atoms with Crippen molar-refractivity contribution in [3.05, 3.63) is 35.9 Å². The highest BCUT2D eigenvalue weighted by Crippen LogP contribution is 2.22. The fraction of sp³-hybridized carbons (Fsp3) is 0.529. The molecule has 0 saturated carbocycles. The van der Waals surface area contributed by atoms with E-state index in [1.807, 2.05) is 23.1 Å². The van der Waals surface area contributed by atoms with Crippen LogP contribution < -0.4 is 5.73 Å². The van der Waals surface area contributed by atoms with E-state index in [2.05, 4.69) is 6.92 Å². The largest absolute Gasteiger partial charge is 0.338 e. The van der Waals surface area contributed by atoms with E-state index in [4.69, 9.17) is 5.73 Å². The molecule has 2 atom stereocenters. The summed E-state index contributed by atoms with van der Waals surface area (Å²) in [6, 6.07) is 9.36. The topological polar surface area (TPSA) is 63.4 Å². The van der Waals surface area contributed by atoms with Gasteiger partial charge in [0.05, 0.1) is 11.5 Å². The maximum atomic E-state index is 12.3. The van der Waals surface area contributed by atoms with Gasteiger partial charge < -0.3 is 10.6 Å². The fourth-order valence-corrected chi connectivity index (χ4v) is 3.62. The van der Waals surface area contributed by atoms with Gasteiger partial charge >= 0.3 is 0 Å². The molecule has 1 heterocycles. The van der Waals surface area contributed by atoms with Crippen molar-refractivity contribution >= 4 is 35.9 Å². The van der Waals surface area contributed by atoms with Crippen molar-refractivity contribution in [1.29, 1.82) is 0 Å². The Labute approximate surface area is 148 Å². The Morgan fingerprint density at radius 2 is 1.96 bits per heavy atom. The van der Waals surface area contributed by atoms with Gasteiger partial charge in [0.25, 0.3) is 0 Å². The third-order valence-corrected chi connectivity index (χ3v) is 5.04. The number of carbonyl (C=O) groups excluding carboxylic acids is 2. The molecule has 2 unspecified atom stereocenters. The van der Waals surface area contributed by atoms with E-state index in [9.17, 15) is 9.59 Å². The number of piperidine rings is 1. The lowest BCUT2D eigenvalue weighted by Gasteiger charge is -2.38. The van der Waals surface area contributed by atoms with Crippen LogP contribution in [0, 0.1) is 5.92 Å². The molecule has 0 spiro atoms. The van der Waals surface area contributed by atoms with Crippen molar-refractivity contribution in [1.82, 2.24) is 4.90 Å². The van der Waals surface area contributed by atoms with Gasteiger partial charge in [-0.15, -0.1) is 24.2 Å². The Morgan fingerprint density at radius 3 is 2.61 bits per heavy atom. The first-order valence-corrected chi connectivity index (χ1v) is 8.92. The van der Waals surface area contributed by atoms with E-state index in [1.165, 1.54) is 11.8 Å². The predicted octanol–water partition coefficient (Wildman–Crippen LogP) is 2.61. The summed E-state index contributed by atoms with van der Waals surface area (Å²) in [5.74, 6) is 1.50. The second-order valence-corrected chi connectivity index (χ2v) is 6.87. The summed E-state index contributed by atoms with van der Waals surface area (Å²) in [6.07, 6.45) is 2.02. The third-order valence-electron chi connectivity index (χ3n) is 4.12. The van der Waals surface area contributed by atoms with Gasteiger partial charge in [-0.25, -0.2) is 0 Å². The minimum Gasteiger partial charge on any atom is -0.338 e. The van der Waals surface area contributed by atoms with Crippen LogP contribution in [-0.2, 0) is 4.79 Å². The summed E-state index contributed by atoms with van der Waals surface area (Å²) in [7, 11) is 0. The Kier molecular flexibility index (Phi) is 8.66. The molecule has 1 aliphatic heterocycles. The zero-order chi connectivity index (χ0) is 15.9. The van der Waals surface area contributed by atoms with Crippen molar-refractivity contribution in [2.45, 2.75) is 25.8 Å². The summed E-state index contributed by atoms with van der Waals surface area (Å²) in [4.78, 5) is 26.2. The summed E-state index contributed by atoms with van der Waals surface area (Å²) in [5.41, 5.74) is 6.49. The minimum absolute atomic E-state index is 0. The van der Waals surface area contributed by atoms with E-state index >= 15 is 0 Å². The van der Waals surface area contributed by atoms with Crippen LogP contribution in [0.3, 0.4) is 0 Å². The van der Waals surface area contributed by atoms with Crippen LogP contribution in [0.2, 0.25) is 0 Å². The standard InChI is InChI=1S/C17H24N2O2S.ClH/c1-13-7-8-19(15(9-13)10-18)17(21)12-22-11-16(20)14-5-3-2-4-6-14;/h2-6,13,15H,7-12,18H2,1H3;1H. The lowest BCUT2D eigenvalue weighted by molar-refractivity contribution is -0.132. The number of likely N-dealkylation sites (tertiary alicyclic amines) is 1. The number of thioether (sulfide) groups is 1. The first-order chi connectivity index (χ1) is 10.6. The van der Waals surface area contributed by atoms with Crippen molar-refractivity contribution in [2.75, 3.05) is 24.6 Å². The maximum absolute atomic E-state index is 12.3. The Hall–Kier alpha value is -1.04. The molecule has 1 saturated heterocycles. The molecule has 1 aliphatic rings. The van der Waals surface area contributed by atoms with Crippen LogP contribution in [0.25, 0.3) is 0 Å². The maximum Gasteiger partial charge on any atom is 0.232 e. The molecule has 0 bridgehead atoms. The highest BCUT2D eigenvalue weighted by Gasteiger charge is 2.28. The molecule has 4 nitrogen and oxygen atoms in total. The van der Waals surface area contributed by atoms with Gasteiger partial charge in [0.2, 0.25) is 5.91 Å². The van der Waals surface area contributed by atoms with E-state index in [0.717, 1.165) is 19.4 Å². The molecule has 2 N–H and O–H groups in total. The molecule has 128 valence electrons. The summed E-state index contributed by atoms with van der Waals surface area (Å²) >= 11 is 1.39. The molecular weight excluding hydrogens is 332 g/mol. The molecule has 1 aromatic carbocycles. The molecule has 23 heavy (non-hydrogen) atoms.